The number of ether oxygens (including phenoxy) is 1. The zero-order valence-corrected chi connectivity index (χ0v) is 13.8. The summed E-state index contributed by atoms with van der Waals surface area (Å²) >= 11 is 0. The molecule has 2 aliphatic rings. The first-order chi connectivity index (χ1) is 11.7. The lowest BCUT2D eigenvalue weighted by Gasteiger charge is -2.25. The quantitative estimate of drug-likeness (QED) is 0.868. The van der Waals surface area contributed by atoms with Gasteiger partial charge in [-0.2, -0.15) is 0 Å². The molecule has 4 heterocycles. The smallest absolute Gasteiger partial charge is 0.256 e. The van der Waals surface area contributed by atoms with Gasteiger partial charge in [-0.25, -0.2) is 4.98 Å². The number of hydrogen-bond acceptors (Lipinski definition) is 4. The van der Waals surface area contributed by atoms with E-state index in [1.807, 2.05) is 37.3 Å². The molecule has 0 radical (unpaired) electrons. The van der Waals surface area contributed by atoms with Crippen molar-refractivity contribution in [3.05, 3.63) is 54.0 Å². The van der Waals surface area contributed by atoms with Crippen molar-refractivity contribution < 1.29 is 9.53 Å². The highest BCUT2D eigenvalue weighted by Crippen LogP contribution is 2.42. The van der Waals surface area contributed by atoms with Gasteiger partial charge in [0.05, 0.1) is 12.2 Å². The van der Waals surface area contributed by atoms with Crippen LogP contribution in [0.2, 0.25) is 0 Å². The lowest BCUT2D eigenvalue weighted by molar-refractivity contribution is 0.0708. The highest BCUT2D eigenvalue weighted by molar-refractivity contribution is 5.96. The molecule has 0 saturated carbocycles. The molecule has 2 aromatic heterocycles. The molecule has 0 aromatic carbocycles. The minimum absolute atomic E-state index is 0.119. The number of aryl methyl sites for hydroxylation is 1. The first-order valence-corrected chi connectivity index (χ1v) is 8.52. The van der Waals surface area contributed by atoms with Crippen molar-refractivity contribution in [3.8, 4) is 5.88 Å². The summed E-state index contributed by atoms with van der Waals surface area (Å²) in [6.45, 7) is 2.51. The molecule has 0 aliphatic carbocycles. The Kier molecular flexibility index (Phi) is 3.92. The molecule has 3 unspecified atom stereocenters. The molecule has 124 valence electrons. The number of rotatable bonds is 4. The first-order valence-electron chi connectivity index (χ1n) is 8.52. The summed E-state index contributed by atoms with van der Waals surface area (Å²) in [5.41, 5.74) is 1.52. The van der Waals surface area contributed by atoms with Gasteiger partial charge in [0.2, 0.25) is 5.88 Å². The Morgan fingerprint density at radius 1 is 1.21 bits per heavy atom. The fourth-order valence-electron chi connectivity index (χ4n) is 4.08. The second kappa shape index (κ2) is 6.23. The zero-order valence-electron chi connectivity index (χ0n) is 13.8. The molecule has 2 aromatic rings. The largest absolute Gasteiger partial charge is 0.477 e. The standard InChI is InChI=1S/C19H21N3O2/c1-13-16(5-4-10-20-13)19(23)22-15-7-8-17(22)14(11-15)12-24-18-6-2-3-9-21-18/h2-6,9-10,14-15,17H,7-8,11-12H2,1H3. The normalized spacial score (nSPS) is 25.0. The van der Waals surface area contributed by atoms with Crippen molar-refractivity contribution in [2.75, 3.05) is 6.61 Å². The van der Waals surface area contributed by atoms with Crippen LogP contribution in [0.3, 0.4) is 0 Å². The number of aromatic nitrogens is 2. The van der Waals surface area contributed by atoms with Crippen LogP contribution in [0.25, 0.3) is 0 Å². The highest BCUT2D eigenvalue weighted by Gasteiger charge is 2.49. The van der Waals surface area contributed by atoms with Gasteiger partial charge in [-0.15, -0.1) is 0 Å². The molecule has 5 nitrogen and oxygen atoms in total. The topological polar surface area (TPSA) is 55.3 Å². The van der Waals surface area contributed by atoms with Crippen molar-refractivity contribution in [2.45, 2.75) is 38.3 Å². The van der Waals surface area contributed by atoms with Crippen molar-refractivity contribution in [1.82, 2.24) is 14.9 Å². The predicted octanol–water partition coefficient (Wildman–Crippen LogP) is 2.86. The number of nitrogens with zero attached hydrogens (tertiary/aromatic N) is 3. The monoisotopic (exact) mass is 323 g/mol. The van der Waals surface area contributed by atoms with Gasteiger partial charge >= 0.3 is 0 Å². The first kappa shape index (κ1) is 15.1. The van der Waals surface area contributed by atoms with Crippen molar-refractivity contribution in [1.29, 1.82) is 0 Å². The number of hydrogen-bond donors (Lipinski definition) is 0. The number of fused-ring (bicyclic) bond motifs is 2. The third-order valence-corrected chi connectivity index (χ3v) is 5.22. The molecule has 4 rings (SSSR count). The van der Waals surface area contributed by atoms with E-state index in [0.29, 0.717) is 24.4 Å². The maximum absolute atomic E-state index is 13.0. The summed E-state index contributed by atoms with van der Waals surface area (Å²) in [6, 6.07) is 9.98. The molecular weight excluding hydrogens is 302 g/mol. The van der Waals surface area contributed by atoms with Crippen LogP contribution in [0.15, 0.2) is 42.7 Å². The molecule has 2 fully saturated rings. The van der Waals surface area contributed by atoms with Crippen LogP contribution in [-0.4, -0.2) is 39.5 Å². The van der Waals surface area contributed by atoms with Gasteiger partial charge in [0.25, 0.3) is 5.91 Å². The number of carbonyl (C=O) groups is 1. The number of pyridine rings is 2. The fraction of sp³-hybridized carbons (Fsp3) is 0.421. The Labute approximate surface area is 141 Å². The van der Waals surface area contributed by atoms with Gasteiger partial charge in [-0.05, 0) is 44.4 Å². The van der Waals surface area contributed by atoms with E-state index in [9.17, 15) is 4.79 Å². The minimum Gasteiger partial charge on any atom is -0.477 e. The Morgan fingerprint density at radius 2 is 2.08 bits per heavy atom. The summed E-state index contributed by atoms with van der Waals surface area (Å²) in [7, 11) is 0. The van der Waals surface area contributed by atoms with Crippen LogP contribution in [-0.2, 0) is 0 Å². The van der Waals surface area contributed by atoms with E-state index in [0.717, 1.165) is 30.5 Å². The van der Waals surface area contributed by atoms with Gasteiger partial charge in [0.15, 0.2) is 0 Å². The van der Waals surface area contributed by atoms with Crippen LogP contribution in [0.4, 0.5) is 0 Å². The van der Waals surface area contributed by atoms with Crippen LogP contribution < -0.4 is 4.74 Å². The summed E-state index contributed by atoms with van der Waals surface area (Å²) < 4.78 is 5.84. The van der Waals surface area contributed by atoms with E-state index in [-0.39, 0.29) is 11.9 Å². The van der Waals surface area contributed by atoms with Gasteiger partial charge in [0.1, 0.15) is 0 Å². The SMILES string of the molecule is Cc1ncccc1C(=O)N1C2CCC1C(COc1ccccn1)C2. The predicted molar refractivity (Wildman–Crippen MR) is 89.8 cm³/mol. The molecule has 3 atom stereocenters. The zero-order chi connectivity index (χ0) is 16.5. The Morgan fingerprint density at radius 3 is 2.88 bits per heavy atom. The van der Waals surface area contributed by atoms with Crippen molar-refractivity contribution in [2.24, 2.45) is 5.92 Å². The lowest BCUT2D eigenvalue weighted by atomic mass is 9.90. The van der Waals surface area contributed by atoms with E-state index < -0.39 is 0 Å². The van der Waals surface area contributed by atoms with Crippen LogP contribution in [0.5, 0.6) is 5.88 Å². The molecule has 1 amide bonds. The molecule has 2 saturated heterocycles. The average Bonchev–Trinajstić information content (AvgIpc) is 3.18. The second-order valence-corrected chi connectivity index (χ2v) is 6.62. The average molecular weight is 323 g/mol. The maximum atomic E-state index is 13.0. The van der Waals surface area contributed by atoms with E-state index in [4.69, 9.17) is 4.74 Å². The van der Waals surface area contributed by atoms with Gasteiger partial charge < -0.3 is 9.64 Å². The molecule has 2 aliphatic heterocycles. The van der Waals surface area contributed by atoms with E-state index >= 15 is 0 Å². The van der Waals surface area contributed by atoms with Gasteiger partial charge in [-0.1, -0.05) is 6.07 Å². The van der Waals surface area contributed by atoms with E-state index in [1.165, 1.54) is 0 Å². The molecular formula is C19H21N3O2. The van der Waals surface area contributed by atoms with E-state index in [1.54, 1.807) is 12.4 Å². The van der Waals surface area contributed by atoms with Crippen LogP contribution in [0.1, 0.15) is 35.3 Å². The molecule has 2 bridgehead atoms. The van der Waals surface area contributed by atoms with Gasteiger partial charge in [-0.3, -0.25) is 9.78 Å². The summed E-state index contributed by atoms with van der Waals surface area (Å²) in [5.74, 6) is 1.15. The Balaban J connectivity index is 1.47. The Bertz CT molecular complexity index is 734. The summed E-state index contributed by atoms with van der Waals surface area (Å²) in [5, 5.41) is 0. The maximum Gasteiger partial charge on any atom is 0.256 e. The Hall–Kier alpha value is -2.43. The van der Waals surface area contributed by atoms with Crippen molar-refractivity contribution >= 4 is 5.91 Å². The molecule has 0 spiro atoms. The third kappa shape index (κ3) is 2.64. The number of carbonyl (C=O) groups excluding carboxylic acids is 1. The minimum atomic E-state index is 0.119. The fourth-order valence-corrected chi connectivity index (χ4v) is 4.08. The third-order valence-electron chi connectivity index (χ3n) is 5.22. The highest BCUT2D eigenvalue weighted by atomic mass is 16.5. The second-order valence-electron chi connectivity index (χ2n) is 6.62. The number of amides is 1. The molecule has 0 N–H and O–H groups in total. The lowest BCUT2D eigenvalue weighted by Crippen LogP contribution is -2.37. The molecule has 5 heteroatoms. The summed E-state index contributed by atoms with van der Waals surface area (Å²) in [6.07, 6.45) is 6.63. The summed E-state index contributed by atoms with van der Waals surface area (Å²) in [4.78, 5) is 23.5. The van der Waals surface area contributed by atoms with Crippen molar-refractivity contribution in [3.63, 3.8) is 0 Å². The molecule has 24 heavy (non-hydrogen) atoms. The van der Waals surface area contributed by atoms with Gasteiger partial charge in [0, 0.05) is 42.2 Å². The van der Waals surface area contributed by atoms with E-state index in [2.05, 4.69) is 14.9 Å². The van der Waals surface area contributed by atoms with Crippen LogP contribution in [0, 0.1) is 12.8 Å². The van der Waals surface area contributed by atoms with Crippen LogP contribution >= 0.6 is 0 Å².